The lowest BCUT2D eigenvalue weighted by Crippen LogP contribution is -2.29. The van der Waals surface area contributed by atoms with Crippen LogP contribution >= 0.6 is 0 Å². The van der Waals surface area contributed by atoms with Gasteiger partial charge in [-0.25, -0.2) is 19.6 Å². The molecule has 6 nitrogen and oxygen atoms in total. The number of carbonyl (C=O) groups is 2. The summed E-state index contributed by atoms with van der Waals surface area (Å²) in [5.74, 6) is 0.113. The first-order chi connectivity index (χ1) is 16.2. The molecule has 34 heavy (non-hydrogen) atoms. The predicted octanol–water partition coefficient (Wildman–Crippen LogP) is 6.46. The van der Waals surface area contributed by atoms with Gasteiger partial charge in [-0.2, -0.15) is 0 Å². The molecule has 0 fully saturated rings. The van der Waals surface area contributed by atoms with Crippen molar-refractivity contribution in [2.75, 3.05) is 0 Å². The molecule has 2 aliphatic heterocycles. The van der Waals surface area contributed by atoms with E-state index in [9.17, 15) is 9.59 Å². The minimum Gasteiger partial charge on any atom is -0.406 e. The Bertz CT molecular complexity index is 950. The molecule has 0 N–H and O–H groups in total. The van der Waals surface area contributed by atoms with Crippen LogP contribution in [0.3, 0.4) is 0 Å². The van der Waals surface area contributed by atoms with Gasteiger partial charge in [0.2, 0.25) is 11.8 Å². The van der Waals surface area contributed by atoms with Crippen molar-refractivity contribution < 1.29 is 19.1 Å². The van der Waals surface area contributed by atoms with Gasteiger partial charge in [-0.05, 0) is 38.8 Å². The van der Waals surface area contributed by atoms with Crippen LogP contribution in [0.4, 0.5) is 0 Å². The predicted molar refractivity (Wildman–Crippen MR) is 137 cm³/mol. The van der Waals surface area contributed by atoms with Gasteiger partial charge in [0, 0.05) is 5.57 Å². The molecule has 184 valence electrons. The molecule has 1 aromatic rings. The SMILES string of the molecule is C=C(C)C1=NC(C)(c2ccccc2)C(=O)O1.C=CC1=NC(C)(CCCCCCCCC)C(=O)O1. The topological polar surface area (TPSA) is 77.3 Å². The quantitative estimate of drug-likeness (QED) is 0.277. The van der Waals surface area contributed by atoms with Crippen molar-refractivity contribution in [1.82, 2.24) is 0 Å². The van der Waals surface area contributed by atoms with E-state index < -0.39 is 11.1 Å². The third kappa shape index (κ3) is 6.99. The van der Waals surface area contributed by atoms with Gasteiger partial charge in [-0.3, -0.25) is 0 Å². The summed E-state index contributed by atoms with van der Waals surface area (Å²) >= 11 is 0. The van der Waals surface area contributed by atoms with Crippen LogP contribution < -0.4 is 0 Å². The minimum atomic E-state index is -0.935. The summed E-state index contributed by atoms with van der Waals surface area (Å²) in [4.78, 5) is 32.1. The second kappa shape index (κ2) is 12.4. The number of hydrogen-bond donors (Lipinski definition) is 0. The lowest BCUT2D eigenvalue weighted by molar-refractivity contribution is -0.139. The van der Waals surface area contributed by atoms with E-state index in [0.29, 0.717) is 17.4 Å². The van der Waals surface area contributed by atoms with Gasteiger partial charge in [0.05, 0.1) is 0 Å². The Hall–Kier alpha value is -3.02. The van der Waals surface area contributed by atoms with E-state index in [1.54, 1.807) is 13.8 Å². The number of carbonyl (C=O) groups excluding carboxylic acids is 2. The first-order valence-electron chi connectivity index (χ1n) is 12.1. The molecule has 2 atom stereocenters. The fourth-order valence-corrected chi connectivity index (χ4v) is 3.77. The molecule has 0 bridgehead atoms. The van der Waals surface area contributed by atoms with Gasteiger partial charge in [0.25, 0.3) is 0 Å². The average Bonchev–Trinajstić information content (AvgIpc) is 3.30. The molecule has 0 amide bonds. The van der Waals surface area contributed by atoms with Crippen LogP contribution in [-0.4, -0.2) is 29.3 Å². The number of esters is 2. The van der Waals surface area contributed by atoms with Crippen LogP contribution in [0.1, 0.15) is 84.6 Å². The molecule has 3 rings (SSSR count). The van der Waals surface area contributed by atoms with Crippen molar-refractivity contribution in [3.05, 3.63) is 60.7 Å². The second-order valence-corrected chi connectivity index (χ2v) is 9.21. The first-order valence-corrected chi connectivity index (χ1v) is 12.1. The fourth-order valence-electron chi connectivity index (χ4n) is 3.77. The van der Waals surface area contributed by atoms with Crippen molar-refractivity contribution in [1.29, 1.82) is 0 Å². The second-order valence-electron chi connectivity index (χ2n) is 9.21. The molecule has 0 aliphatic carbocycles. The van der Waals surface area contributed by atoms with E-state index in [4.69, 9.17) is 9.47 Å². The van der Waals surface area contributed by atoms with E-state index in [0.717, 1.165) is 18.4 Å². The monoisotopic (exact) mass is 466 g/mol. The molecule has 2 unspecified atom stereocenters. The zero-order chi connectivity index (χ0) is 25.2. The molecule has 0 saturated carbocycles. The lowest BCUT2D eigenvalue weighted by Gasteiger charge is -2.15. The van der Waals surface area contributed by atoms with Crippen LogP contribution in [0.2, 0.25) is 0 Å². The largest absolute Gasteiger partial charge is 0.406 e. The van der Waals surface area contributed by atoms with Crippen LogP contribution in [0, 0.1) is 0 Å². The number of aliphatic imine (C=N–C) groups is 2. The molecule has 0 saturated heterocycles. The number of ether oxygens (including phenoxy) is 2. The van der Waals surface area contributed by atoms with E-state index in [1.807, 2.05) is 37.3 Å². The smallest absolute Gasteiger partial charge is 0.345 e. The zero-order valence-corrected chi connectivity index (χ0v) is 21.1. The highest BCUT2D eigenvalue weighted by atomic mass is 16.6. The van der Waals surface area contributed by atoms with Crippen LogP contribution in [0.15, 0.2) is 65.1 Å². The Balaban J connectivity index is 0.000000241. The van der Waals surface area contributed by atoms with Crippen LogP contribution in [0.25, 0.3) is 0 Å². The van der Waals surface area contributed by atoms with E-state index in [2.05, 4.69) is 30.1 Å². The number of hydrogen-bond acceptors (Lipinski definition) is 6. The summed E-state index contributed by atoms with van der Waals surface area (Å²) in [5.41, 5.74) is -0.119. The molecule has 2 heterocycles. The number of cyclic esters (lactones) is 2. The summed E-state index contributed by atoms with van der Waals surface area (Å²) in [7, 11) is 0. The van der Waals surface area contributed by atoms with E-state index in [-0.39, 0.29) is 11.9 Å². The highest BCUT2D eigenvalue weighted by Crippen LogP contribution is 2.32. The van der Waals surface area contributed by atoms with Crippen molar-refractivity contribution in [3.63, 3.8) is 0 Å². The highest BCUT2D eigenvalue weighted by molar-refractivity contribution is 6.07. The number of nitrogens with zero attached hydrogens (tertiary/aromatic N) is 2. The van der Waals surface area contributed by atoms with Gasteiger partial charge in [-0.15, -0.1) is 0 Å². The maximum atomic E-state index is 11.8. The standard InChI is InChI=1S/C15H25NO2.C13H13NO2/c1-4-6-7-8-9-10-11-12-15(3)14(17)18-13(5-2)16-15;1-9(2)11-14-13(3,12(15)16-11)10-7-5-4-6-8-10/h5H,2,4,6-12H2,1,3H3;4-8H,1H2,2-3H3. The summed E-state index contributed by atoms with van der Waals surface area (Å²) in [5, 5.41) is 0. The molecule has 0 spiro atoms. The van der Waals surface area contributed by atoms with Crippen molar-refractivity contribution in [2.24, 2.45) is 9.98 Å². The van der Waals surface area contributed by atoms with Gasteiger partial charge < -0.3 is 9.47 Å². The Morgan fingerprint density at radius 3 is 2.09 bits per heavy atom. The van der Waals surface area contributed by atoms with E-state index in [1.165, 1.54) is 44.6 Å². The van der Waals surface area contributed by atoms with Crippen molar-refractivity contribution in [3.8, 4) is 0 Å². The normalized spacial score (nSPS) is 23.3. The first kappa shape index (κ1) is 27.2. The zero-order valence-electron chi connectivity index (χ0n) is 21.1. The molecular weight excluding hydrogens is 428 g/mol. The Kier molecular flexibility index (Phi) is 9.97. The molecular formula is C28H38N2O4. The summed E-state index contributed by atoms with van der Waals surface area (Å²) in [6, 6.07) is 9.39. The van der Waals surface area contributed by atoms with Gasteiger partial charge >= 0.3 is 11.9 Å². The molecule has 6 heteroatoms. The lowest BCUT2D eigenvalue weighted by atomic mass is 9.93. The van der Waals surface area contributed by atoms with Crippen LogP contribution in [0.5, 0.6) is 0 Å². The maximum Gasteiger partial charge on any atom is 0.345 e. The molecule has 1 aromatic carbocycles. The van der Waals surface area contributed by atoms with E-state index >= 15 is 0 Å². The Morgan fingerprint density at radius 1 is 0.941 bits per heavy atom. The molecule has 0 aromatic heterocycles. The third-order valence-electron chi connectivity index (χ3n) is 6.05. The van der Waals surface area contributed by atoms with Gasteiger partial charge in [0.1, 0.15) is 0 Å². The summed E-state index contributed by atoms with van der Waals surface area (Å²) in [6.45, 7) is 14.9. The number of unbranched alkanes of at least 4 members (excludes halogenated alkanes) is 6. The summed E-state index contributed by atoms with van der Waals surface area (Å²) in [6.07, 6.45) is 11.0. The maximum absolute atomic E-state index is 11.8. The Labute approximate surface area is 203 Å². The third-order valence-corrected chi connectivity index (χ3v) is 6.05. The van der Waals surface area contributed by atoms with Crippen molar-refractivity contribution >= 4 is 23.7 Å². The fraction of sp³-hybridized carbons (Fsp3) is 0.500. The average molecular weight is 467 g/mol. The van der Waals surface area contributed by atoms with Crippen LogP contribution in [-0.2, 0) is 24.6 Å². The number of rotatable bonds is 11. The summed E-state index contributed by atoms with van der Waals surface area (Å²) < 4.78 is 10.1. The van der Waals surface area contributed by atoms with Gasteiger partial charge in [-0.1, -0.05) is 95.4 Å². The van der Waals surface area contributed by atoms with Gasteiger partial charge in [0.15, 0.2) is 11.1 Å². The minimum absolute atomic E-state index is 0.233. The molecule has 2 aliphatic rings. The molecule has 0 radical (unpaired) electrons. The number of benzene rings is 1. The Morgan fingerprint density at radius 2 is 1.56 bits per heavy atom. The highest BCUT2D eigenvalue weighted by Gasteiger charge is 2.43. The van der Waals surface area contributed by atoms with Crippen molar-refractivity contribution in [2.45, 2.75) is 90.1 Å².